The minimum atomic E-state index is -0.473. The van der Waals surface area contributed by atoms with Crippen LogP contribution in [0.4, 0.5) is 4.79 Å². The van der Waals surface area contributed by atoms with Crippen molar-refractivity contribution in [2.45, 2.75) is 82.6 Å². The number of hydrogen-bond acceptors (Lipinski definition) is 4. The van der Waals surface area contributed by atoms with Crippen LogP contribution in [0.5, 0.6) is 0 Å². The Balaban J connectivity index is 1.40. The highest BCUT2D eigenvalue weighted by Gasteiger charge is 2.31. The van der Waals surface area contributed by atoms with Gasteiger partial charge in [-0.1, -0.05) is 30.3 Å². The zero-order valence-corrected chi connectivity index (χ0v) is 16.9. The SMILES string of the molecule is CC(C)(C)OC(=O)N[C@H]1CCN[C@H]1COC1CCC(c2ccccc2)CC1. The molecule has 0 spiro atoms. The van der Waals surface area contributed by atoms with Gasteiger partial charge in [0, 0.05) is 0 Å². The molecule has 1 aliphatic carbocycles. The summed E-state index contributed by atoms with van der Waals surface area (Å²) in [5.74, 6) is 0.664. The molecule has 1 amide bonds. The molecule has 1 saturated heterocycles. The minimum Gasteiger partial charge on any atom is -0.444 e. The summed E-state index contributed by atoms with van der Waals surface area (Å²) in [5.41, 5.74) is 0.981. The number of carbonyl (C=O) groups excluding carboxylic acids is 1. The normalized spacial score (nSPS) is 28.7. The molecule has 1 saturated carbocycles. The van der Waals surface area contributed by atoms with Crippen LogP contribution in [-0.2, 0) is 9.47 Å². The molecular formula is C22H34N2O3. The lowest BCUT2D eigenvalue weighted by atomic mass is 9.83. The van der Waals surface area contributed by atoms with Crippen LogP contribution in [0.2, 0.25) is 0 Å². The van der Waals surface area contributed by atoms with Crippen LogP contribution < -0.4 is 10.6 Å². The molecule has 27 heavy (non-hydrogen) atoms. The predicted octanol–water partition coefficient (Wildman–Crippen LogP) is 3.98. The zero-order valence-electron chi connectivity index (χ0n) is 16.9. The van der Waals surface area contributed by atoms with Gasteiger partial charge in [-0.3, -0.25) is 0 Å². The molecule has 150 valence electrons. The van der Waals surface area contributed by atoms with Crippen LogP contribution in [0.25, 0.3) is 0 Å². The lowest BCUT2D eigenvalue weighted by molar-refractivity contribution is 0.0101. The standard InChI is InChI=1S/C22H34N2O3/c1-22(2,3)27-21(25)24-19-13-14-23-20(19)15-26-18-11-9-17(10-12-18)16-7-5-4-6-8-16/h4-8,17-20,23H,9-15H2,1-3H3,(H,24,25)/t17?,18?,19-,20-/m0/s1. The third-order valence-corrected chi connectivity index (χ3v) is 5.51. The van der Waals surface area contributed by atoms with Crippen LogP contribution >= 0.6 is 0 Å². The van der Waals surface area contributed by atoms with Crippen molar-refractivity contribution in [2.75, 3.05) is 13.2 Å². The van der Waals surface area contributed by atoms with Crippen molar-refractivity contribution in [1.29, 1.82) is 0 Å². The number of ether oxygens (including phenoxy) is 2. The summed E-state index contributed by atoms with van der Waals surface area (Å²) < 4.78 is 11.6. The second kappa shape index (κ2) is 9.07. The summed E-state index contributed by atoms with van der Waals surface area (Å²) >= 11 is 0. The van der Waals surface area contributed by atoms with E-state index in [2.05, 4.69) is 41.0 Å². The quantitative estimate of drug-likeness (QED) is 0.818. The van der Waals surface area contributed by atoms with E-state index in [1.807, 2.05) is 20.8 Å². The van der Waals surface area contributed by atoms with Crippen LogP contribution in [0.1, 0.15) is 64.4 Å². The van der Waals surface area contributed by atoms with Crippen molar-refractivity contribution in [3.63, 3.8) is 0 Å². The number of rotatable bonds is 5. The first-order valence-electron chi connectivity index (χ1n) is 10.3. The topological polar surface area (TPSA) is 59.6 Å². The molecule has 1 aliphatic heterocycles. The molecule has 2 N–H and O–H groups in total. The second-order valence-corrected chi connectivity index (χ2v) is 8.82. The van der Waals surface area contributed by atoms with E-state index in [0.717, 1.165) is 25.8 Å². The van der Waals surface area contributed by atoms with Crippen LogP contribution in [0.15, 0.2) is 30.3 Å². The summed E-state index contributed by atoms with van der Waals surface area (Å²) in [7, 11) is 0. The van der Waals surface area contributed by atoms with E-state index in [0.29, 0.717) is 18.6 Å². The average Bonchev–Trinajstić information content (AvgIpc) is 3.06. The first-order chi connectivity index (χ1) is 12.9. The predicted molar refractivity (Wildman–Crippen MR) is 107 cm³/mol. The van der Waals surface area contributed by atoms with Crippen LogP contribution in [-0.4, -0.2) is 43.0 Å². The maximum atomic E-state index is 12.0. The van der Waals surface area contributed by atoms with Crippen LogP contribution in [0.3, 0.4) is 0 Å². The molecule has 0 radical (unpaired) electrons. The van der Waals surface area contributed by atoms with E-state index in [9.17, 15) is 4.79 Å². The van der Waals surface area contributed by atoms with Gasteiger partial charge in [0.15, 0.2) is 0 Å². The highest BCUT2D eigenvalue weighted by molar-refractivity contribution is 5.68. The molecule has 2 fully saturated rings. The van der Waals surface area contributed by atoms with Gasteiger partial charge < -0.3 is 20.1 Å². The van der Waals surface area contributed by atoms with Crippen molar-refractivity contribution < 1.29 is 14.3 Å². The fraction of sp³-hybridized carbons (Fsp3) is 0.682. The van der Waals surface area contributed by atoms with E-state index >= 15 is 0 Å². The highest BCUT2D eigenvalue weighted by Crippen LogP contribution is 2.34. The third kappa shape index (κ3) is 6.22. The van der Waals surface area contributed by atoms with Crippen molar-refractivity contribution in [3.8, 4) is 0 Å². The van der Waals surface area contributed by atoms with Gasteiger partial charge >= 0.3 is 6.09 Å². The van der Waals surface area contributed by atoms with Gasteiger partial charge in [-0.25, -0.2) is 4.79 Å². The Morgan fingerprint density at radius 2 is 1.81 bits per heavy atom. The van der Waals surface area contributed by atoms with Crippen LogP contribution in [0, 0.1) is 0 Å². The molecule has 2 aliphatic rings. The van der Waals surface area contributed by atoms with Gasteiger partial charge in [0.05, 0.1) is 24.8 Å². The zero-order chi connectivity index (χ0) is 19.3. The summed E-state index contributed by atoms with van der Waals surface area (Å²) in [6.07, 6.45) is 5.48. The van der Waals surface area contributed by atoms with Gasteiger partial charge in [0.2, 0.25) is 0 Å². The van der Waals surface area contributed by atoms with E-state index in [-0.39, 0.29) is 18.2 Å². The molecule has 2 atom stereocenters. The molecule has 5 heteroatoms. The van der Waals surface area contributed by atoms with E-state index in [1.54, 1.807) is 0 Å². The lowest BCUT2D eigenvalue weighted by Gasteiger charge is -2.30. The Morgan fingerprint density at radius 1 is 1.11 bits per heavy atom. The number of hydrogen-bond donors (Lipinski definition) is 2. The van der Waals surface area contributed by atoms with Crippen molar-refractivity contribution in [2.24, 2.45) is 0 Å². The molecule has 1 heterocycles. The second-order valence-electron chi connectivity index (χ2n) is 8.82. The Kier molecular flexibility index (Phi) is 6.77. The maximum absolute atomic E-state index is 12.0. The Labute approximate surface area is 163 Å². The van der Waals surface area contributed by atoms with E-state index in [4.69, 9.17) is 9.47 Å². The molecule has 1 aromatic carbocycles. The van der Waals surface area contributed by atoms with Crippen molar-refractivity contribution in [1.82, 2.24) is 10.6 Å². The summed E-state index contributed by atoms with van der Waals surface area (Å²) in [6.45, 7) is 7.18. The minimum absolute atomic E-state index is 0.0699. The van der Waals surface area contributed by atoms with E-state index in [1.165, 1.54) is 18.4 Å². The molecule has 5 nitrogen and oxygen atoms in total. The molecule has 0 unspecified atom stereocenters. The molecule has 0 bridgehead atoms. The number of benzene rings is 1. The summed E-state index contributed by atoms with van der Waals surface area (Å²) in [4.78, 5) is 12.0. The monoisotopic (exact) mass is 374 g/mol. The fourth-order valence-corrected chi connectivity index (χ4v) is 4.10. The number of amides is 1. The number of nitrogens with one attached hydrogen (secondary N) is 2. The smallest absolute Gasteiger partial charge is 0.407 e. The maximum Gasteiger partial charge on any atom is 0.407 e. The molecule has 1 aromatic rings. The Morgan fingerprint density at radius 3 is 2.48 bits per heavy atom. The number of carbonyl (C=O) groups is 1. The van der Waals surface area contributed by atoms with Gasteiger partial charge in [0.25, 0.3) is 0 Å². The number of alkyl carbamates (subject to hydrolysis) is 1. The lowest BCUT2D eigenvalue weighted by Crippen LogP contribution is -2.47. The van der Waals surface area contributed by atoms with Gasteiger partial charge in [-0.05, 0) is 70.9 Å². The van der Waals surface area contributed by atoms with Gasteiger partial charge in [0.1, 0.15) is 5.60 Å². The first kappa shape index (κ1) is 20.2. The summed E-state index contributed by atoms with van der Waals surface area (Å²) in [5, 5.41) is 6.45. The summed E-state index contributed by atoms with van der Waals surface area (Å²) in [6, 6.07) is 11.0. The molecule has 3 rings (SSSR count). The average molecular weight is 375 g/mol. The van der Waals surface area contributed by atoms with E-state index < -0.39 is 5.60 Å². The van der Waals surface area contributed by atoms with Crippen molar-refractivity contribution in [3.05, 3.63) is 35.9 Å². The third-order valence-electron chi connectivity index (χ3n) is 5.51. The van der Waals surface area contributed by atoms with Gasteiger partial charge in [-0.2, -0.15) is 0 Å². The molecule has 0 aromatic heterocycles. The van der Waals surface area contributed by atoms with Gasteiger partial charge in [-0.15, -0.1) is 0 Å². The fourth-order valence-electron chi connectivity index (χ4n) is 4.10. The van der Waals surface area contributed by atoms with Crippen molar-refractivity contribution >= 4 is 6.09 Å². The largest absolute Gasteiger partial charge is 0.444 e. The first-order valence-corrected chi connectivity index (χ1v) is 10.3. The Hall–Kier alpha value is -1.59. The Bertz CT molecular complexity index is 591. The highest BCUT2D eigenvalue weighted by atomic mass is 16.6. The molecular weight excluding hydrogens is 340 g/mol.